The summed E-state index contributed by atoms with van der Waals surface area (Å²) in [5.74, 6) is 0.583. The Kier molecular flexibility index (Phi) is 7.83. The van der Waals surface area contributed by atoms with Gasteiger partial charge in [-0.15, -0.1) is 11.3 Å². The number of nitrogens with zero attached hydrogens (tertiary/aromatic N) is 3. The third kappa shape index (κ3) is 7.05. The molecule has 27 heavy (non-hydrogen) atoms. The van der Waals surface area contributed by atoms with E-state index in [9.17, 15) is 18.0 Å². The van der Waals surface area contributed by atoms with Gasteiger partial charge in [0.15, 0.2) is 11.7 Å². The summed E-state index contributed by atoms with van der Waals surface area (Å²) in [6, 6.07) is 5.07. The van der Waals surface area contributed by atoms with Crippen molar-refractivity contribution in [1.82, 2.24) is 20.2 Å². The van der Waals surface area contributed by atoms with Crippen LogP contribution in [0.2, 0.25) is 0 Å². The van der Waals surface area contributed by atoms with Crippen LogP contribution >= 0.6 is 11.3 Å². The number of nitrogens with one attached hydrogen (secondary N) is 2. The van der Waals surface area contributed by atoms with E-state index in [4.69, 9.17) is 0 Å². The highest BCUT2D eigenvalue weighted by Crippen LogP contribution is 2.29. The van der Waals surface area contributed by atoms with E-state index >= 15 is 0 Å². The van der Waals surface area contributed by atoms with Crippen molar-refractivity contribution in [1.29, 1.82) is 0 Å². The Morgan fingerprint density at radius 3 is 2.70 bits per heavy atom. The van der Waals surface area contributed by atoms with Gasteiger partial charge in [-0.2, -0.15) is 13.2 Å². The van der Waals surface area contributed by atoms with Crippen LogP contribution in [0.5, 0.6) is 0 Å². The van der Waals surface area contributed by atoms with Crippen LogP contribution < -0.4 is 16.2 Å². The largest absolute Gasteiger partial charge is 0.434 e. The van der Waals surface area contributed by atoms with Crippen molar-refractivity contribution in [2.24, 2.45) is 4.99 Å². The molecule has 0 aromatic carbocycles. The molecule has 2 aromatic heterocycles. The highest BCUT2D eigenvalue weighted by molar-refractivity contribution is 7.09. The second-order valence-electron chi connectivity index (χ2n) is 5.74. The van der Waals surface area contributed by atoms with Gasteiger partial charge in [-0.1, -0.05) is 6.07 Å². The van der Waals surface area contributed by atoms with E-state index in [1.54, 1.807) is 23.9 Å². The average molecular weight is 401 g/mol. The number of alkyl halides is 3. The smallest absolute Gasteiger partial charge is 0.356 e. The van der Waals surface area contributed by atoms with Crippen LogP contribution in [-0.2, 0) is 19.1 Å². The molecule has 2 aromatic rings. The quantitative estimate of drug-likeness (QED) is 0.405. The van der Waals surface area contributed by atoms with E-state index in [0.29, 0.717) is 37.0 Å². The number of aromatic nitrogens is 2. The zero-order chi connectivity index (χ0) is 19.7. The Morgan fingerprint density at radius 2 is 2.04 bits per heavy atom. The Hall–Kier alpha value is -2.36. The van der Waals surface area contributed by atoms with Crippen LogP contribution in [0.1, 0.15) is 23.5 Å². The van der Waals surface area contributed by atoms with E-state index in [2.05, 4.69) is 20.6 Å². The van der Waals surface area contributed by atoms with Crippen LogP contribution in [0.4, 0.5) is 13.2 Å². The molecular formula is C17H22F3N5OS. The van der Waals surface area contributed by atoms with E-state index in [-0.39, 0.29) is 5.56 Å². The van der Waals surface area contributed by atoms with Gasteiger partial charge >= 0.3 is 6.18 Å². The van der Waals surface area contributed by atoms with Crippen molar-refractivity contribution in [3.63, 3.8) is 0 Å². The molecule has 0 amide bonds. The van der Waals surface area contributed by atoms with E-state index in [0.717, 1.165) is 29.6 Å². The van der Waals surface area contributed by atoms with Crippen LogP contribution in [0.3, 0.4) is 0 Å². The molecule has 0 spiro atoms. The molecular weight excluding hydrogens is 379 g/mol. The van der Waals surface area contributed by atoms with Gasteiger partial charge in [0.25, 0.3) is 0 Å². The van der Waals surface area contributed by atoms with Crippen molar-refractivity contribution in [2.75, 3.05) is 20.1 Å². The molecule has 0 bridgehead atoms. The SMILES string of the molecule is CN=C(NCCCCn1ccccc1=O)NCCc1nc(C(F)(F)F)cs1. The summed E-state index contributed by atoms with van der Waals surface area (Å²) < 4.78 is 39.2. The van der Waals surface area contributed by atoms with Crippen LogP contribution in [0, 0.1) is 0 Å². The molecule has 0 atom stereocenters. The van der Waals surface area contributed by atoms with Gasteiger partial charge in [0, 0.05) is 50.7 Å². The molecule has 2 heterocycles. The number of unbranched alkanes of at least 4 members (excludes halogenated alkanes) is 1. The van der Waals surface area contributed by atoms with Crippen molar-refractivity contribution in [3.05, 3.63) is 50.8 Å². The number of aryl methyl sites for hydroxylation is 1. The van der Waals surface area contributed by atoms with Gasteiger partial charge in [0.1, 0.15) is 0 Å². The maximum Gasteiger partial charge on any atom is 0.434 e. The molecule has 0 aliphatic heterocycles. The van der Waals surface area contributed by atoms with Crippen molar-refractivity contribution in [2.45, 2.75) is 32.0 Å². The molecule has 0 aliphatic carbocycles. The number of rotatable bonds is 8. The average Bonchev–Trinajstić information content (AvgIpc) is 3.10. The number of hydrogen-bond donors (Lipinski definition) is 2. The minimum absolute atomic E-state index is 0.0150. The Balaban J connectivity index is 1.64. The van der Waals surface area contributed by atoms with Crippen LogP contribution in [-0.4, -0.2) is 35.6 Å². The van der Waals surface area contributed by atoms with Gasteiger partial charge in [0.2, 0.25) is 5.56 Å². The second kappa shape index (κ2) is 10.1. The normalized spacial score (nSPS) is 12.2. The monoisotopic (exact) mass is 401 g/mol. The predicted molar refractivity (Wildman–Crippen MR) is 100 cm³/mol. The lowest BCUT2D eigenvalue weighted by atomic mass is 10.3. The third-order valence-corrected chi connectivity index (χ3v) is 4.62. The zero-order valence-electron chi connectivity index (χ0n) is 14.9. The standard InChI is InChI=1S/C17H22F3N5OS/c1-21-16(22-8-3-5-11-25-10-4-2-6-15(25)26)23-9-7-14-24-13(12-27-14)17(18,19)20/h2,4,6,10,12H,3,5,7-9,11H2,1H3,(H2,21,22,23). The number of guanidine groups is 1. The molecule has 2 N–H and O–H groups in total. The maximum atomic E-state index is 12.5. The summed E-state index contributed by atoms with van der Waals surface area (Å²) in [5.41, 5.74) is -0.860. The first-order chi connectivity index (χ1) is 12.9. The zero-order valence-corrected chi connectivity index (χ0v) is 15.7. The van der Waals surface area contributed by atoms with E-state index in [1.807, 2.05) is 6.07 Å². The number of hydrogen-bond acceptors (Lipinski definition) is 4. The van der Waals surface area contributed by atoms with Crippen molar-refractivity contribution < 1.29 is 13.2 Å². The summed E-state index contributed by atoms with van der Waals surface area (Å²) in [7, 11) is 1.63. The second-order valence-corrected chi connectivity index (χ2v) is 6.68. The van der Waals surface area contributed by atoms with Gasteiger partial charge in [0.05, 0.1) is 5.01 Å². The number of pyridine rings is 1. The minimum Gasteiger partial charge on any atom is -0.356 e. The fraction of sp³-hybridized carbons (Fsp3) is 0.471. The van der Waals surface area contributed by atoms with Gasteiger partial charge < -0.3 is 15.2 Å². The lowest BCUT2D eigenvalue weighted by Gasteiger charge is -2.11. The Bertz CT molecular complexity index is 800. The molecule has 0 aliphatic rings. The molecule has 2 rings (SSSR count). The summed E-state index contributed by atoms with van der Waals surface area (Å²) in [6.45, 7) is 1.76. The number of aliphatic imine (C=N–C) groups is 1. The predicted octanol–water partition coefficient (Wildman–Crippen LogP) is 2.51. The van der Waals surface area contributed by atoms with Gasteiger partial charge in [-0.05, 0) is 18.9 Å². The summed E-state index contributed by atoms with van der Waals surface area (Å²) in [5, 5.41) is 7.65. The molecule has 0 radical (unpaired) electrons. The van der Waals surface area contributed by atoms with Gasteiger partial charge in [-0.25, -0.2) is 4.98 Å². The molecule has 0 saturated carbocycles. The van der Waals surface area contributed by atoms with Crippen LogP contribution in [0.25, 0.3) is 0 Å². The van der Waals surface area contributed by atoms with Crippen LogP contribution in [0.15, 0.2) is 39.6 Å². The van der Waals surface area contributed by atoms with E-state index in [1.165, 1.54) is 6.07 Å². The maximum absolute atomic E-state index is 12.5. The third-order valence-electron chi connectivity index (χ3n) is 3.71. The first-order valence-corrected chi connectivity index (χ1v) is 9.39. The summed E-state index contributed by atoms with van der Waals surface area (Å²) in [6.07, 6.45) is -0.557. The fourth-order valence-corrected chi connectivity index (χ4v) is 3.13. The molecule has 0 fully saturated rings. The summed E-state index contributed by atoms with van der Waals surface area (Å²) >= 11 is 1.000. The first-order valence-electron chi connectivity index (χ1n) is 8.51. The number of thiazole rings is 1. The molecule has 0 unspecified atom stereocenters. The lowest BCUT2D eigenvalue weighted by Crippen LogP contribution is -2.38. The topological polar surface area (TPSA) is 71.3 Å². The van der Waals surface area contributed by atoms with Crippen molar-refractivity contribution in [3.8, 4) is 0 Å². The highest BCUT2D eigenvalue weighted by Gasteiger charge is 2.33. The summed E-state index contributed by atoms with van der Waals surface area (Å²) in [4.78, 5) is 19.2. The fourth-order valence-electron chi connectivity index (χ4n) is 2.32. The van der Waals surface area contributed by atoms with E-state index < -0.39 is 11.9 Å². The molecule has 6 nitrogen and oxygen atoms in total. The Morgan fingerprint density at radius 1 is 1.26 bits per heavy atom. The highest BCUT2D eigenvalue weighted by atomic mass is 32.1. The lowest BCUT2D eigenvalue weighted by molar-refractivity contribution is -0.140. The van der Waals surface area contributed by atoms with Crippen molar-refractivity contribution >= 4 is 17.3 Å². The number of halogens is 3. The molecule has 10 heteroatoms. The minimum atomic E-state index is -4.40. The molecule has 0 saturated heterocycles. The Labute approximate surface area is 159 Å². The molecule has 148 valence electrons. The van der Waals surface area contributed by atoms with Gasteiger partial charge in [-0.3, -0.25) is 9.79 Å². The first kappa shape index (κ1) is 20.9.